The van der Waals surface area contributed by atoms with Crippen LogP contribution in [0, 0.1) is 0 Å². The molecule has 0 spiro atoms. The molecule has 88 valence electrons. The predicted octanol–water partition coefficient (Wildman–Crippen LogP) is 1.40. The van der Waals surface area contributed by atoms with Crippen molar-refractivity contribution in [2.24, 2.45) is 7.05 Å². The van der Waals surface area contributed by atoms with E-state index in [0.717, 1.165) is 5.82 Å². The van der Waals surface area contributed by atoms with Crippen LogP contribution in [0.25, 0.3) is 0 Å². The Morgan fingerprint density at radius 3 is 3.00 bits per heavy atom. The maximum Gasteiger partial charge on any atom is 0.254 e. The number of aromatic nitrogens is 3. The molecule has 0 bridgehead atoms. The number of hydrogen-bond donors (Lipinski definition) is 1. The Kier molecular flexibility index (Phi) is 3.39. The maximum atomic E-state index is 11.8. The summed E-state index contributed by atoms with van der Waals surface area (Å²) in [5, 5.41) is 3.12. The van der Waals surface area contributed by atoms with E-state index in [1.165, 1.54) is 12.4 Å². The van der Waals surface area contributed by atoms with Crippen molar-refractivity contribution in [1.29, 1.82) is 0 Å². The number of aryl methyl sites for hydroxylation is 1. The van der Waals surface area contributed by atoms with E-state index < -0.39 is 0 Å². The molecule has 2 aromatic heterocycles. The lowest BCUT2D eigenvalue weighted by molar-refractivity contribution is 0.0949. The topological polar surface area (TPSA) is 59.8 Å². The zero-order chi connectivity index (χ0) is 12.3. The monoisotopic (exact) mass is 250 g/mol. The van der Waals surface area contributed by atoms with Gasteiger partial charge < -0.3 is 9.88 Å². The molecule has 2 rings (SSSR count). The number of carbonyl (C=O) groups is 1. The number of nitrogens with one attached hydrogen (secondary N) is 1. The molecule has 0 unspecified atom stereocenters. The molecule has 0 aromatic carbocycles. The zero-order valence-electron chi connectivity index (χ0n) is 9.22. The van der Waals surface area contributed by atoms with E-state index in [1.807, 2.05) is 17.8 Å². The fourth-order valence-electron chi connectivity index (χ4n) is 1.37. The summed E-state index contributed by atoms with van der Waals surface area (Å²) in [5.41, 5.74) is 0.364. The lowest BCUT2D eigenvalue weighted by Gasteiger charge is -2.06. The van der Waals surface area contributed by atoms with Crippen molar-refractivity contribution in [2.75, 3.05) is 0 Å². The van der Waals surface area contributed by atoms with Crippen molar-refractivity contribution in [3.63, 3.8) is 0 Å². The highest BCUT2D eigenvalue weighted by Crippen LogP contribution is 2.13. The van der Waals surface area contributed by atoms with Gasteiger partial charge in [-0.1, -0.05) is 11.6 Å². The highest BCUT2D eigenvalue weighted by atomic mass is 35.5. The maximum absolute atomic E-state index is 11.8. The number of hydrogen-bond acceptors (Lipinski definition) is 3. The standard InChI is InChI=1S/C11H11ClN4O/c1-16-5-4-14-10(16)7-15-11(17)8-6-13-3-2-9(8)12/h2-6H,7H2,1H3,(H,15,17). The molecule has 1 N–H and O–H groups in total. The van der Waals surface area contributed by atoms with Gasteiger partial charge in [-0.25, -0.2) is 4.98 Å². The Labute approximate surface area is 103 Å². The lowest BCUT2D eigenvalue weighted by atomic mass is 10.2. The van der Waals surface area contributed by atoms with Crippen LogP contribution in [-0.4, -0.2) is 20.4 Å². The second-order valence-electron chi connectivity index (χ2n) is 3.49. The largest absolute Gasteiger partial charge is 0.345 e. The highest BCUT2D eigenvalue weighted by Gasteiger charge is 2.10. The molecule has 17 heavy (non-hydrogen) atoms. The summed E-state index contributed by atoms with van der Waals surface area (Å²) in [7, 11) is 1.87. The van der Waals surface area contributed by atoms with Crippen molar-refractivity contribution in [3.8, 4) is 0 Å². The molecule has 0 atom stereocenters. The van der Waals surface area contributed by atoms with Gasteiger partial charge in [0.1, 0.15) is 5.82 Å². The van der Waals surface area contributed by atoms with Crippen LogP contribution in [0.3, 0.4) is 0 Å². The van der Waals surface area contributed by atoms with Gasteiger partial charge in [0, 0.05) is 31.8 Å². The van der Waals surface area contributed by atoms with Crippen LogP contribution in [0.1, 0.15) is 16.2 Å². The smallest absolute Gasteiger partial charge is 0.254 e. The summed E-state index contributed by atoms with van der Waals surface area (Å²) in [4.78, 5) is 19.8. The number of nitrogens with zero attached hydrogens (tertiary/aromatic N) is 3. The minimum atomic E-state index is -0.258. The first-order chi connectivity index (χ1) is 8.18. The van der Waals surface area contributed by atoms with Crippen molar-refractivity contribution in [2.45, 2.75) is 6.54 Å². The van der Waals surface area contributed by atoms with Crippen molar-refractivity contribution >= 4 is 17.5 Å². The molecule has 0 radical (unpaired) electrons. The van der Waals surface area contributed by atoms with Gasteiger partial charge in [0.2, 0.25) is 0 Å². The van der Waals surface area contributed by atoms with Gasteiger partial charge in [0.05, 0.1) is 17.1 Å². The van der Waals surface area contributed by atoms with Crippen LogP contribution in [0.4, 0.5) is 0 Å². The molecule has 0 saturated carbocycles. The Hall–Kier alpha value is -1.88. The lowest BCUT2D eigenvalue weighted by Crippen LogP contribution is -2.24. The first-order valence-corrected chi connectivity index (χ1v) is 5.40. The molecule has 0 saturated heterocycles. The van der Waals surface area contributed by atoms with Crippen molar-refractivity contribution in [1.82, 2.24) is 19.9 Å². The molecule has 0 aliphatic carbocycles. The second kappa shape index (κ2) is 4.97. The Balaban J connectivity index is 2.04. The van der Waals surface area contributed by atoms with E-state index in [4.69, 9.17) is 11.6 Å². The minimum Gasteiger partial charge on any atom is -0.345 e. The van der Waals surface area contributed by atoms with Crippen LogP contribution >= 0.6 is 11.6 Å². The van der Waals surface area contributed by atoms with Crippen LogP contribution in [0.15, 0.2) is 30.9 Å². The molecule has 2 aromatic rings. The van der Waals surface area contributed by atoms with E-state index >= 15 is 0 Å². The van der Waals surface area contributed by atoms with E-state index in [9.17, 15) is 4.79 Å². The van der Waals surface area contributed by atoms with Crippen molar-refractivity contribution < 1.29 is 4.79 Å². The van der Waals surface area contributed by atoms with Crippen LogP contribution < -0.4 is 5.32 Å². The number of halogens is 1. The van der Waals surface area contributed by atoms with E-state index in [-0.39, 0.29) is 5.91 Å². The fourth-order valence-corrected chi connectivity index (χ4v) is 1.56. The summed E-state index contributed by atoms with van der Waals surface area (Å²) in [6.45, 7) is 0.355. The van der Waals surface area contributed by atoms with Gasteiger partial charge >= 0.3 is 0 Å². The molecule has 1 amide bonds. The first kappa shape index (κ1) is 11.6. The third-order valence-corrected chi connectivity index (χ3v) is 2.67. The van der Waals surface area contributed by atoms with E-state index in [2.05, 4.69) is 15.3 Å². The average Bonchev–Trinajstić information content (AvgIpc) is 2.72. The van der Waals surface area contributed by atoms with Gasteiger partial charge in [0.25, 0.3) is 5.91 Å². The van der Waals surface area contributed by atoms with Gasteiger partial charge in [-0.3, -0.25) is 9.78 Å². The van der Waals surface area contributed by atoms with Gasteiger partial charge in [-0.15, -0.1) is 0 Å². The quantitative estimate of drug-likeness (QED) is 0.896. The van der Waals surface area contributed by atoms with Gasteiger partial charge in [-0.05, 0) is 6.07 Å². The second-order valence-corrected chi connectivity index (χ2v) is 3.90. The molecular formula is C11H11ClN4O. The van der Waals surface area contributed by atoms with Gasteiger partial charge in [-0.2, -0.15) is 0 Å². The number of rotatable bonds is 3. The molecule has 2 heterocycles. The van der Waals surface area contributed by atoms with Crippen LogP contribution in [0.5, 0.6) is 0 Å². The molecule has 0 fully saturated rings. The number of imidazole rings is 1. The molecular weight excluding hydrogens is 240 g/mol. The predicted molar refractivity (Wildman–Crippen MR) is 63.6 cm³/mol. The summed E-state index contributed by atoms with van der Waals surface area (Å²) >= 11 is 5.89. The highest BCUT2D eigenvalue weighted by molar-refractivity contribution is 6.33. The Morgan fingerprint density at radius 1 is 1.53 bits per heavy atom. The number of pyridine rings is 1. The number of carbonyl (C=O) groups excluding carboxylic acids is 1. The summed E-state index contributed by atoms with van der Waals surface area (Å²) in [6.07, 6.45) is 6.48. The Bertz CT molecular complexity index is 538. The summed E-state index contributed by atoms with van der Waals surface area (Å²) < 4.78 is 1.84. The third-order valence-electron chi connectivity index (χ3n) is 2.34. The Morgan fingerprint density at radius 2 is 2.35 bits per heavy atom. The molecule has 0 aliphatic heterocycles. The minimum absolute atomic E-state index is 0.258. The zero-order valence-corrected chi connectivity index (χ0v) is 9.98. The SMILES string of the molecule is Cn1ccnc1CNC(=O)c1cnccc1Cl. The van der Waals surface area contributed by atoms with E-state index in [0.29, 0.717) is 17.1 Å². The first-order valence-electron chi connectivity index (χ1n) is 5.02. The third kappa shape index (κ3) is 2.62. The number of amides is 1. The van der Waals surface area contributed by atoms with Crippen LogP contribution in [-0.2, 0) is 13.6 Å². The van der Waals surface area contributed by atoms with Gasteiger partial charge in [0.15, 0.2) is 0 Å². The summed E-state index contributed by atoms with van der Waals surface area (Å²) in [5.74, 6) is 0.518. The molecule has 5 nitrogen and oxygen atoms in total. The molecule has 6 heteroatoms. The normalized spacial score (nSPS) is 10.2. The molecule has 0 aliphatic rings. The fraction of sp³-hybridized carbons (Fsp3) is 0.182. The van der Waals surface area contributed by atoms with E-state index in [1.54, 1.807) is 12.3 Å². The van der Waals surface area contributed by atoms with Crippen LogP contribution in [0.2, 0.25) is 5.02 Å². The van der Waals surface area contributed by atoms with Crippen molar-refractivity contribution in [3.05, 3.63) is 47.3 Å². The summed E-state index contributed by atoms with van der Waals surface area (Å²) in [6, 6.07) is 1.58. The average molecular weight is 251 g/mol.